The van der Waals surface area contributed by atoms with Crippen molar-refractivity contribution in [2.45, 2.75) is 32.7 Å². The summed E-state index contributed by atoms with van der Waals surface area (Å²) in [5, 5.41) is 0.507. The Morgan fingerprint density at radius 3 is 2.44 bits per heavy atom. The molecular weight excluding hydrogens is 521 g/mol. The van der Waals surface area contributed by atoms with E-state index in [1.807, 2.05) is 43.3 Å². The number of alkyl halides is 1. The number of nitrogens with one attached hydrogen (secondary N) is 1. The van der Waals surface area contributed by atoms with Gasteiger partial charge in [0.2, 0.25) is 10.0 Å². The van der Waals surface area contributed by atoms with E-state index in [-0.39, 0.29) is 11.2 Å². The second-order valence-electron chi connectivity index (χ2n) is 8.74. The average molecular weight is 555 g/mol. The zero-order valence-electron chi connectivity index (χ0n) is 21.0. The number of hydrogen-bond donors (Lipinski definition) is 2. The third-order valence-electron chi connectivity index (χ3n) is 5.32. The molecule has 0 fully saturated rings. The first-order valence-corrected chi connectivity index (χ1v) is 14.0. The van der Waals surface area contributed by atoms with Gasteiger partial charge < -0.3 is 15.2 Å². The lowest BCUT2D eigenvalue weighted by Gasteiger charge is -2.28. The highest BCUT2D eigenvalue weighted by atomic mass is 35.5. The van der Waals surface area contributed by atoms with Gasteiger partial charge >= 0.3 is 0 Å². The maximum atomic E-state index is 11.2. The summed E-state index contributed by atoms with van der Waals surface area (Å²) in [4.78, 5) is 3.94. The number of ether oxygens (including phenoxy) is 2. The number of allylic oxidation sites excluding steroid dienone is 1. The van der Waals surface area contributed by atoms with Gasteiger partial charge in [0.05, 0.1) is 17.2 Å². The van der Waals surface area contributed by atoms with Crippen molar-refractivity contribution in [3.8, 4) is 11.5 Å². The molecule has 0 aliphatic carbocycles. The summed E-state index contributed by atoms with van der Waals surface area (Å²) in [7, 11) is -3.39. The van der Waals surface area contributed by atoms with Crippen LogP contribution in [-0.2, 0) is 22.0 Å². The molecule has 0 spiro atoms. The van der Waals surface area contributed by atoms with Crippen LogP contribution in [0, 0.1) is 0 Å². The summed E-state index contributed by atoms with van der Waals surface area (Å²) in [5.41, 5.74) is 9.45. The summed E-state index contributed by atoms with van der Waals surface area (Å²) in [6, 6.07) is 11.8. The van der Waals surface area contributed by atoms with Crippen molar-refractivity contribution in [3.63, 3.8) is 0 Å². The monoisotopic (exact) mass is 553 g/mol. The van der Waals surface area contributed by atoms with Gasteiger partial charge in [-0.25, -0.2) is 13.4 Å². The molecule has 0 amide bonds. The van der Waals surface area contributed by atoms with Crippen LogP contribution >= 0.6 is 23.2 Å². The summed E-state index contributed by atoms with van der Waals surface area (Å²) >= 11 is 12.3. The van der Waals surface area contributed by atoms with Crippen molar-refractivity contribution in [2.24, 2.45) is 10.7 Å². The molecule has 3 N–H and O–H groups in total. The Kier molecular flexibility index (Phi) is 10.8. The molecule has 0 unspecified atom stereocenters. The van der Waals surface area contributed by atoms with Crippen molar-refractivity contribution in [1.82, 2.24) is 4.72 Å². The Hall–Kier alpha value is -2.52. The molecule has 0 saturated carbocycles. The number of nitrogens with two attached hydrogens (primary N) is 1. The van der Waals surface area contributed by atoms with Gasteiger partial charge in [-0.1, -0.05) is 44.2 Å². The third-order valence-corrected chi connectivity index (χ3v) is 6.36. The Morgan fingerprint density at radius 2 is 1.86 bits per heavy atom. The summed E-state index contributed by atoms with van der Waals surface area (Å²) in [6.45, 7) is 10.7. The predicted octanol–water partition coefficient (Wildman–Crippen LogP) is 5.16. The number of hydrogen-bond acceptors (Lipinski definition) is 6. The number of halogens is 2. The number of nitrogens with zero attached hydrogens (tertiary/aromatic N) is 1. The van der Waals surface area contributed by atoms with Crippen molar-refractivity contribution >= 4 is 39.4 Å². The SMILES string of the molecule is C=C(/N=C\C=C(/C)COc1ccc(C(C)(C)c2cc(Cl)c(OCCCl)c(CN)c2)cc1)NS(C)(=O)=O. The molecule has 0 heterocycles. The Bertz CT molecular complexity index is 1220. The normalized spacial score (nSPS) is 12.6. The molecule has 196 valence electrons. The smallest absolute Gasteiger partial charge is 0.230 e. The van der Waals surface area contributed by atoms with Gasteiger partial charge in [0, 0.05) is 23.7 Å². The van der Waals surface area contributed by atoms with Gasteiger partial charge in [0.1, 0.15) is 30.5 Å². The second kappa shape index (κ2) is 13.1. The fourth-order valence-electron chi connectivity index (χ4n) is 3.34. The molecule has 0 radical (unpaired) electrons. The standard InChI is InChI=1S/C26H33Cl2N3O4S/c1-18(10-12-30-19(2)31-36(5,32)33)17-35-23-8-6-21(7-9-23)26(3,4)22-14-20(16-29)25(24(28)15-22)34-13-11-27/h6-10,12,14-15,31H,2,11,13,16-17,29H2,1,3-5H3/b18-10+,30-12-. The topological polar surface area (TPSA) is 103 Å². The van der Waals surface area contributed by atoms with E-state index in [9.17, 15) is 8.42 Å². The molecule has 0 aliphatic heterocycles. The van der Waals surface area contributed by atoms with Gasteiger partial charge in [-0.15, -0.1) is 11.6 Å². The third kappa shape index (κ3) is 8.85. The van der Waals surface area contributed by atoms with E-state index in [4.69, 9.17) is 38.4 Å². The van der Waals surface area contributed by atoms with Crippen LogP contribution in [0.15, 0.2) is 65.4 Å². The van der Waals surface area contributed by atoms with Crippen LogP contribution in [-0.4, -0.2) is 40.0 Å². The van der Waals surface area contributed by atoms with E-state index in [0.717, 1.165) is 28.5 Å². The number of aliphatic imine (C=N–C) groups is 1. The molecule has 10 heteroatoms. The number of sulfonamides is 1. The van der Waals surface area contributed by atoms with E-state index in [1.165, 1.54) is 6.21 Å². The van der Waals surface area contributed by atoms with Crippen molar-refractivity contribution in [1.29, 1.82) is 0 Å². The van der Waals surface area contributed by atoms with Crippen LogP contribution in [0.4, 0.5) is 0 Å². The fraction of sp³-hybridized carbons (Fsp3) is 0.346. The van der Waals surface area contributed by atoms with Gasteiger partial charge in [-0.05, 0) is 54.0 Å². The molecule has 0 bridgehead atoms. The lowest BCUT2D eigenvalue weighted by Crippen LogP contribution is -2.20. The van der Waals surface area contributed by atoms with E-state index < -0.39 is 10.0 Å². The summed E-state index contributed by atoms with van der Waals surface area (Å²) in [5.74, 6) is 1.70. The number of rotatable bonds is 13. The fourth-order valence-corrected chi connectivity index (χ4v) is 4.19. The highest BCUT2D eigenvalue weighted by Gasteiger charge is 2.25. The van der Waals surface area contributed by atoms with Crippen molar-refractivity contribution in [3.05, 3.63) is 82.2 Å². The van der Waals surface area contributed by atoms with Crippen LogP contribution in [0.1, 0.15) is 37.5 Å². The molecule has 36 heavy (non-hydrogen) atoms. The first-order valence-electron chi connectivity index (χ1n) is 11.2. The predicted molar refractivity (Wildman–Crippen MR) is 149 cm³/mol. The van der Waals surface area contributed by atoms with Crippen molar-refractivity contribution in [2.75, 3.05) is 25.3 Å². The van der Waals surface area contributed by atoms with Crippen LogP contribution in [0.2, 0.25) is 5.02 Å². The van der Waals surface area contributed by atoms with Crippen LogP contribution in [0.25, 0.3) is 0 Å². The summed E-state index contributed by atoms with van der Waals surface area (Å²) in [6.07, 6.45) is 4.24. The van der Waals surface area contributed by atoms with E-state index >= 15 is 0 Å². The van der Waals surface area contributed by atoms with Gasteiger partial charge in [-0.3, -0.25) is 4.72 Å². The Labute approximate surface area is 224 Å². The minimum atomic E-state index is -3.39. The average Bonchev–Trinajstić information content (AvgIpc) is 2.80. The zero-order chi connectivity index (χ0) is 26.9. The van der Waals surface area contributed by atoms with Gasteiger partial charge in [0.15, 0.2) is 0 Å². The molecule has 2 aromatic rings. The zero-order valence-corrected chi connectivity index (χ0v) is 23.3. The lowest BCUT2D eigenvalue weighted by atomic mass is 9.77. The van der Waals surface area contributed by atoms with Crippen molar-refractivity contribution < 1.29 is 17.9 Å². The molecule has 2 aromatic carbocycles. The molecular formula is C26H33Cl2N3O4S. The largest absolute Gasteiger partial charge is 0.490 e. The summed E-state index contributed by atoms with van der Waals surface area (Å²) < 4.78 is 36.1. The molecule has 0 aliphatic rings. The minimum absolute atomic E-state index is 0.0398. The van der Waals surface area contributed by atoms with Gasteiger partial charge in [-0.2, -0.15) is 0 Å². The van der Waals surface area contributed by atoms with Crippen LogP contribution in [0.5, 0.6) is 11.5 Å². The van der Waals surface area contributed by atoms with Crippen LogP contribution < -0.4 is 19.9 Å². The molecule has 0 saturated heterocycles. The highest BCUT2D eigenvalue weighted by molar-refractivity contribution is 7.88. The maximum Gasteiger partial charge on any atom is 0.230 e. The molecule has 0 atom stereocenters. The van der Waals surface area contributed by atoms with Crippen LogP contribution in [0.3, 0.4) is 0 Å². The Morgan fingerprint density at radius 1 is 1.19 bits per heavy atom. The Balaban J connectivity index is 2.09. The molecule has 2 rings (SSSR count). The van der Waals surface area contributed by atoms with E-state index in [0.29, 0.717) is 42.2 Å². The number of benzene rings is 2. The van der Waals surface area contributed by atoms with Gasteiger partial charge in [0.25, 0.3) is 0 Å². The minimum Gasteiger partial charge on any atom is -0.490 e. The molecule has 7 nitrogen and oxygen atoms in total. The first-order chi connectivity index (χ1) is 16.9. The van der Waals surface area contributed by atoms with E-state index in [1.54, 1.807) is 6.08 Å². The van der Waals surface area contributed by atoms with E-state index in [2.05, 4.69) is 30.1 Å². The highest BCUT2D eigenvalue weighted by Crippen LogP contribution is 2.38. The quantitative estimate of drug-likeness (QED) is 0.263. The lowest BCUT2D eigenvalue weighted by molar-refractivity contribution is 0.339. The molecule has 0 aromatic heterocycles. The maximum absolute atomic E-state index is 11.2. The first kappa shape index (κ1) is 29.7. The second-order valence-corrected chi connectivity index (χ2v) is 11.3.